The van der Waals surface area contributed by atoms with Crippen molar-refractivity contribution in [2.24, 2.45) is 0 Å². The third-order valence-electron chi connectivity index (χ3n) is 3.53. The minimum Gasteiger partial charge on any atom is -0.320 e. The molecule has 1 atom stereocenters. The molecule has 1 amide bonds. The molecular weight excluding hydrogens is 280 g/mol. The summed E-state index contributed by atoms with van der Waals surface area (Å²) in [5.41, 5.74) is -0.353. The summed E-state index contributed by atoms with van der Waals surface area (Å²) in [7, 11) is 0. The van der Waals surface area contributed by atoms with Gasteiger partial charge in [0, 0.05) is 5.25 Å². The van der Waals surface area contributed by atoms with E-state index >= 15 is 0 Å². The standard InChI is InChI=1S/C15H19F2NOS/c1-10(20-11-6-3-2-4-7-11)15(19)18-14-12(16)8-5-9-13(14)17/h5,8-11H,2-4,6-7H2,1H3,(H,18,19). The first kappa shape index (κ1) is 15.3. The van der Waals surface area contributed by atoms with Crippen molar-refractivity contribution in [3.05, 3.63) is 29.8 Å². The lowest BCUT2D eigenvalue weighted by Crippen LogP contribution is -2.26. The van der Waals surface area contributed by atoms with Gasteiger partial charge in [0.1, 0.15) is 17.3 Å². The number of hydrogen-bond acceptors (Lipinski definition) is 2. The number of rotatable bonds is 4. The highest BCUT2D eigenvalue weighted by molar-refractivity contribution is 8.01. The Labute approximate surface area is 122 Å². The Morgan fingerprint density at radius 1 is 1.25 bits per heavy atom. The lowest BCUT2D eigenvalue weighted by Gasteiger charge is -2.24. The second-order valence-corrected chi connectivity index (χ2v) is 6.77. The average molecular weight is 299 g/mol. The summed E-state index contributed by atoms with van der Waals surface area (Å²) in [6.45, 7) is 1.79. The van der Waals surface area contributed by atoms with E-state index in [0.717, 1.165) is 25.0 Å². The van der Waals surface area contributed by atoms with Crippen LogP contribution in [0.2, 0.25) is 0 Å². The molecule has 0 radical (unpaired) electrons. The second kappa shape index (κ2) is 7.07. The summed E-state index contributed by atoms with van der Waals surface area (Å²) >= 11 is 1.60. The first-order valence-electron chi connectivity index (χ1n) is 6.98. The van der Waals surface area contributed by atoms with Crippen molar-refractivity contribution in [2.45, 2.75) is 49.5 Å². The lowest BCUT2D eigenvalue weighted by molar-refractivity contribution is -0.115. The molecule has 5 heteroatoms. The SMILES string of the molecule is CC(SC1CCCCC1)C(=O)Nc1c(F)cccc1F. The first-order valence-corrected chi connectivity index (χ1v) is 7.92. The zero-order valence-electron chi connectivity index (χ0n) is 11.5. The molecule has 1 aliphatic carbocycles. The van der Waals surface area contributed by atoms with Gasteiger partial charge in [0.2, 0.25) is 5.91 Å². The topological polar surface area (TPSA) is 29.1 Å². The Hall–Kier alpha value is -1.10. The number of carbonyl (C=O) groups excluding carboxylic acids is 1. The maximum atomic E-state index is 13.5. The van der Waals surface area contributed by atoms with E-state index in [1.165, 1.54) is 25.3 Å². The molecule has 0 aromatic heterocycles. The van der Waals surface area contributed by atoms with Gasteiger partial charge in [-0.25, -0.2) is 8.78 Å². The number of para-hydroxylation sites is 1. The van der Waals surface area contributed by atoms with E-state index in [4.69, 9.17) is 0 Å². The third-order valence-corrected chi connectivity index (χ3v) is 5.01. The molecule has 0 spiro atoms. The Bertz CT molecular complexity index is 455. The molecule has 2 rings (SSSR count). The van der Waals surface area contributed by atoms with E-state index in [9.17, 15) is 13.6 Å². The van der Waals surface area contributed by atoms with Crippen molar-refractivity contribution in [1.29, 1.82) is 0 Å². The van der Waals surface area contributed by atoms with E-state index in [-0.39, 0.29) is 16.8 Å². The molecule has 0 heterocycles. The number of nitrogens with one attached hydrogen (secondary N) is 1. The number of benzene rings is 1. The molecule has 1 aromatic rings. The maximum absolute atomic E-state index is 13.5. The summed E-state index contributed by atoms with van der Waals surface area (Å²) in [5.74, 6) is -1.83. The monoisotopic (exact) mass is 299 g/mol. The summed E-state index contributed by atoms with van der Waals surface area (Å²) < 4.78 is 26.9. The normalized spacial score (nSPS) is 17.8. The largest absolute Gasteiger partial charge is 0.320 e. The van der Waals surface area contributed by atoms with Gasteiger partial charge in [-0.15, -0.1) is 11.8 Å². The van der Waals surface area contributed by atoms with Crippen molar-refractivity contribution >= 4 is 23.4 Å². The van der Waals surface area contributed by atoms with Gasteiger partial charge in [0.05, 0.1) is 5.25 Å². The van der Waals surface area contributed by atoms with Crippen LogP contribution in [-0.4, -0.2) is 16.4 Å². The molecule has 0 saturated heterocycles. The minimum atomic E-state index is -0.742. The van der Waals surface area contributed by atoms with Crippen LogP contribution in [0.15, 0.2) is 18.2 Å². The first-order chi connectivity index (χ1) is 9.58. The predicted molar refractivity (Wildman–Crippen MR) is 78.9 cm³/mol. The van der Waals surface area contributed by atoms with Gasteiger partial charge in [-0.3, -0.25) is 4.79 Å². The molecular formula is C15H19F2NOS. The van der Waals surface area contributed by atoms with Gasteiger partial charge < -0.3 is 5.32 Å². The fourth-order valence-corrected chi connectivity index (χ4v) is 3.76. The highest BCUT2D eigenvalue weighted by atomic mass is 32.2. The second-order valence-electron chi connectivity index (χ2n) is 5.12. The molecule has 1 saturated carbocycles. The fourth-order valence-electron chi connectivity index (χ4n) is 2.39. The van der Waals surface area contributed by atoms with Crippen LogP contribution < -0.4 is 5.32 Å². The molecule has 1 fully saturated rings. The van der Waals surface area contributed by atoms with E-state index in [1.54, 1.807) is 18.7 Å². The average Bonchev–Trinajstić information content (AvgIpc) is 2.44. The summed E-state index contributed by atoms with van der Waals surface area (Å²) in [6.07, 6.45) is 5.91. The lowest BCUT2D eigenvalue weighted by atomic mass is 10.0. The van der Waals surface area contributed by atoms with Gasteiger partial charge in [-0.05, 0) is 31.9 Å². The Kier molecular flexibility index (Phi) is 5.40. The highest BCUT2D eigenvalue weighted by Crippen LogP contribution is 2.31. The quantitative estimate of drug-likeness (QED) is 0.895. The number of halogens is 2. The van der Waals surface area contributed by atoms with E-state index in [1.807, 2.05) is 0 Å². The van der Waals surface area contributed by atoms with Crippen LogP contribution in [0.25, 0.3) is 0 Å². The molecule has 0 aliphatic heterocycles. The van der Waals surface area contributed by atoms with Gasteiger partial charge >= 0.3 is 0 Å². The van der Waals surface area contributed by atoms with Crippen molar-refractivity contribution in [2.75, 3.05) is 5.32 Å². The Morgan fingerprint density at radius 2 is 1.85 bits per heavy atom. The van der Waals surface area contributed by atoms with Crippen molar-refractivity contribution < 1.29 is 13.6 Å². The maximum Gasteiger partial charge on any atom is 0.237 e. The number of anilines is 1. The zero-order valence-corrected chi connectivity index (χ0v) is 12.3. The number of amides is 1. The molecule has 2 nitrogen and oxygen atoms in total. The summed E-state index contributed by atoms with van der Waals surface area (Å²) in [5, 5.41) is 2.53. The van der Waals surface area contributed by atoms with Crippen LogP contribution in [0, 0.1) is 11.6 Å². The van der Waals surface area contributed by atoms with Crippen LogP contribution in [-0.2, 0) is 4.79 Å². The molecule has 20 heavy (non-hydrogen) atoms. The van der Waals surface area contributed by atoms with Gasteiger partial charge in [0.15, 0.2) is 0 Å². The Morgan fingerprint density at radius 3 is 2.45 bits per heavy atom. The number of carbonyl (C=O) groups is 1. The van der Waals surface area contributed by atoms with Gasteiger partial charge in [0.25, 0.3) is 0 Å². The fraction of sp³-hybridized carbons (Fsp3) is 0.533. The van der Waals surface area contributed by atoms with Crippen LogP contribution in [0.3, 0.4) is 0 Å². The van der Waals surface area contributed by atoms with Crippen LogP contribution >= 0.6 is 11.8 Å². The number of hydrogen-bond donors (Lipinski definition) is 1. The predicted octanol–water partition coefficient (Wildman–Crippen LogP) is 4.36. The van der Waals surface area contributed by atoms with E-state index in [2.05, 4.69) is 5.32 Å². The number of thioether (sulfide) groups is 1. The van der Waals surface area contributed by atoms with E-state index in [0.29, 0.717) is 5.25 Å². The highest BCUT2D eigenvalue weighted by Gasteiger charge is 2.22. The molecule has 1 N–H and O–H groups in total. The van der Waals surface area contributed by atoms with Crippen molar-refractivity contribution in [1.82, 2.24) is 0 Å². The molecule has 1 aromatic carbocycles. The molecule has 1 unspecified atom stereocenters. The van der Waals surface area contributed by atoms with Crippen LogP contribution in [0.4, 0.5) is 14.5 Å². The van der Waals surface area contributed by atoms with Crippen molar-refractivity contribution in [3.8, 4) is 0 Å². The van der Waals surface area contributed by atoms with Crippen LogP contribution in [0.5, 0.6) is 0 Å². The van der Waals surface area contributed by atoms with Gasteiger partial charge in [-0.1, -0.05) is 25.3 Å². The van der Waals surface area contributed by atoms with E-state index < -0.39 is 11.6 Å². The summed E-state index contributed by atoms with van der Waals surface area (Å²) in [6, 6.07) is 3.55. The van der Waals surface area contributed by atoms with Crippen LogP contribution in [0.1, 0.15) is 39.0 Å². The third kappa shape index (κ3) is 3.95. The molecule has 1 aliphatic rings. The minimum absolute atomic E-state index is 0.308. The zero-order chi connectivity index (χ0) is 14.5. The molecule has 110 valence electrons. The Balaban J connectivity index is 1.93. The smallest absolute Gasteiger partial charge is 0.237 e. The van der Waals surface area contributed by atoms with Crippen molar-refractivity contribution in [3.63, 3.8) is 0 Å². The van der Waals surface area contributed by atoms with Gasteiger partial charge in [-0.2, -0.15) is 0 Å². The summed E-state index contributed by atoms with van der Waals surface area (Å²) in [4.78, 5) is 12.0. The molecule has 0 bridgehead atoms.